The summed E-state index contributed by atoms with van der Waals surface area (Å²) in [7, 11) is 1.67. The summed E-state index contributed by atoms with van der Waals surface area (Å²) in [5, 5.41) is 0. The van der Waals surface area contributed by atoms with Crippen LogP contribution in [0.5, 0.6) is 5.75 Å². The highest BCUT2D eigenvalue weighted by atomic mass is 16.5. The van der Waals surface area contributed by atoms with Gasteiger partial charge in [0.05, 0.1) is 13.7 Å². The van der Waals surface area contributed by atoms with E-state index in [1.807, 2.05) is 19.1 Å². The first-order chi connectivity index (χ1) is 8.76. The van der Waals surface area contributed by atoms with Gasteiger partial charge in [0.15, 0.2) is 0 Å². The Kier molecular flexibility index (Phi) is 6.92. The molecule has 0 aromatic heterocycles. The second-order valence-electron chi connectivity index (χ2n) is 4.21. The number of carbonyl (C=O) groups excluding carboxylic acids is 1. The van der Waals surface area contributed by atoms with E-state index in [0.29, 0.717) is 13.0 Å². The molecule has 1 aromatic carbocycles. The molecule has 1 aromatic rings. The first-order valence-corrected chi connectivity index (χ1v) is 6.54. The van der Waals surface area contributed by atoms with E-state index in [-0.39, 0.29) is 5.97 Å². The molecule has 1 rings (SSSR count). The number of hydrogen-bond acceptors (Lipinski definition) is 3. The maximum Gasteiger partial charge on any atom is 0.305 e. The molecular formula is C15H22O3. The van der Waals surface area contributed by atoms with Crippen LogP contribution < -0.4 is 4.74 Å². The molecule has 0 aliphatic heterocycles. The van der Waals surface area contributed by atoms with Crippen LogP contribution in [0.4, 0.5) is 0 Å². The van der Waals surface area contributed by atoms with E-state index in [9.17, 15) is 4.79 Å². The molecule has 0 bridgehead atoms. The SMILES string of the molecule is CCOC(=O)CCCCCc1ccc(OC)cc1. The molecule has 0 saturated heterocycles. The Labute approximate surface area is 109 Å². The molecule has 0 N–H and O–H groups in total. The van der Waals surface area contributed by atoms with Crippen LogP contribution in [0.25, 0.3) is 0 Å². The monoisotopic (exact) mass is 250 g/mol. The minimum absolute atomic E-state index is 0.0815. The smallest absolute Gasteiger partial charge is 0.305 e. The second kappa shape index (κ2) is 8.56. The van der Waals surface area contributed by atoms with Crippen LogP contribution in [0.2, 0.25) is 0 Å². The molecule has 0 unspecified atom stereocenters. The van der Waals surface area contributed by atoms with Gasteiger partial charge in [-0.1, -0.05) is 18.6 Å². The van der Waals surface area contributed by atoms with Crippen molar-refractivity contribution >= 4 is 5.97 Å². The van der Waals surface area contributed by atoms with Gasteiger partial charge in [0.25, 0.3) is 0 Å². The summed E-state index contributed by atoms with van der Waals surface area (Å²) in [6.45, 7) is 2.31. The molecule has 18 heavy (non-hydrogen) atoms. The van der Waals surface area contributed by atoms with Crippen molar-refractivity contribution in [2.75, 3.05) is 13.7 Å². The Hall–Kier alpha value is -1.51. The number of methoxy groups -OCH3 is 1. The summed E-state index contributed by atoms with van der Waals surface area (Å²) in [5.41, 5.74) is 1.31. The quantitative estimate of drug-likeness (QED) is 0.524. The van der Waals surface area contributed by atoms with Crippen LogP contribution in [0.3, 0.4) is 0 Å². The van der Waals surface area contributed by atoms with Gasteiger partial charge in [-0.25, -0.2) is 0 Å². The van der Waals surface area contributed by atoms with Crippen LogP contribution in [0.1, 0.15) is 38.2 Å². The maximum atomic E-state index is 11.1. The number of rotatable bonds is 8. The van der Waals surface area contributed by atoms with E-state index >= 15 is 0 Å². The molecule has 0 heterocycles. The summed E-state index contributed by atoms with van der Waals surface area (Å²) in [6, 6.07) is 8.14. The van der Waals surface area contributed by atoms with Gasteiger partial charge in [-0.3, -0.25) is 4.79 Å². The van der Waals surface area contributed by atoms with E-state index in [1.165, 1.54) is 5.56 Å². The van der Waals surface area contributed by atoms with Crippen LogP contribution in [0, 0.1) is 0 Å². The van der Waals surface area contributed by atoms with Gasteiger partial charge < -0.3 is 9.47 Å². The van der Waals surface area contributed by atoms with Crippen LogP contribution in [-0.4, -0.2) is 19.7 Å². The Bertz CT molecular complexity index is 343. The second-order valence-corrected chi connectivity index (χ2v) is 4.21. The molecule has 0 fully saturated rings. The predicted molar refractivity (Wildman–Crippen MR) is 71.8 cm³/mol. The van der Waals surface area contributed by atoms with E-state index in [4.69, 9.17) is 9.47 Å². The van der Waals surface area contributed by atoms with Gasteiger partial charge in [0.2, 0.25) is 0 Å². The maximum absolute atomic E-state index is 11.1. The number of ether oxygens (including phenoxy) is 2. The Morgan fingerprint density at radius 2 is 1.83 bits per heavy atom. The molecule has 3 nitrogen and oxygen atoms in total. The van der Waals surface area contributed by atoms with Crippen LogP contribution in [0.15, 0.2) is 24.3 Å². The zero-order valence-corrected chi connectivity index (χ0v) is 11.3. The summed E-state index contributed by atoms with van der Waals surface area (Å²) in [6.07, 6.45) is 4.66. The third-order valence-electron chi connectivity index (χ3n) is 2.81. The van der Waals surface area contributed by atoms with E-state index in [1.54, 1.807) is 7.11 Å². The fraction of sp³-hybridized carbons (Fsp3) is 0.533. The van der Waals surface area contributed by atoms with Gasteiger partial charge in [-0.05, 0) is 43.9 Å². The third-order valence-corrected chi connectivity index (χ3v) is 2.81. The lowest BCUT2D eigenvalue weighted by atomic mass is 10.1. The average molecular weight is 250 g/mol. The molecule has 0 amide bonds. The minimum Gasteiger partial charge on any atom is -0.497 e. The lowest BCUT2D eigenvalue weighted by Gasteiger charge is -2.04. The Morgan fingerprint density at radius 3 is 2.44 bits per heavy atom. The number of esters is 1. The summed E-state index contributed by atoms with van der Waals surface area (Å²) < 4.78 is 9.99. The molecule has 100 valence electrons. The molecule has 0 aliphatic rings. The predicted octanol–water partition coefficient (Wildman–Crippen LogP) is 3.36. The minimum atomic E-state index is -0.0815. The highest BCUT2D eigenvalue weighted by molar-refractivity contribution is 5.69. The van der Waals surface area contributed by atoms with Gasteiger partial charge in [0, 0.05) is 6.42 Å². The number of carbonyl (C=O) groups is 1. The average Bonchev–Trinajstić information content (AvgIpc) is 2.39. The molecule has 0 atom stereocenters. The molecule has 0 radical (unpaired) electrons. The fourth-order valence-corrected chi connectivity index (χ4v) is 1.80. The topological polar surface area (TPSA) is 35.5 Å². The van der Waals surface area contributed by atoms with E-state index < -0.39 is 0 Å². The number of benzene rings is 1. The molecule has 0 aliphatic carbocycles. The Balaban J connectivity index is 2.12. The van der Waals surface area contributed by atoms with Gasteiger partial charge in [0.1, 0.15) is 5.75 Å². The lowest BCUT2D eigenvalue weighted by Crippen LogP contribution is -2.03. The first kappa shape index (κ1) is 14.6. The van der Waals surface area contributed by atoms with Gasteiger partial charge in [-0.2, -0.15) is 0 Å². The standard InChI is InChI=1S/C15H22O3/c1-3-18-15(16)8-6-4-5-7-13-9-11-14(17-2)12-10-13/h9-12H,3-8H2,1-2H3. The summed E-state index contributed by atoms with van der Waals surface area (Å²) in [4.78, 5) is 11.1. The van der Waals surface area contributed by atoms with E-state index in [2.05, 4.69) is 12.1 Å². The van der Waals surface area contributed by atoms with Crippen LogP contribution >= 0.6 is 0 Å². The fourth-order valence-electron chi connectivity index (χ4n) is 1.80. The van der Waals surface area contributed by atoms with Crippen molar-refractivity contribution in [1.29, 1.82) is 0 Å². The summed E-state index contributed by atoms with van der Waals surface area (Å²) >= 11 is 0. The van der Waals surface area contributed by atoms with Crippen molar-refractivity contribution in [3.05, 3.63) is 29.8 Å². The van der Waals surface area contributed by atoms with Crippen molar-refractivity contribution in [2.45, 2.75) is 39.0 Å². The zero-order chi connectivity index (χ0) is 13.2. The highest BCUT2D eigenvalue weighted by Gasteiger charge is 2.01. The van der Waals surface area contributed by atoms with Crippen molar-refractivity contribution in [2.24, 2.45) is 0 Å². The lowest BCUT2D eigenvalue weighted by molar-refractivity contribution is -0.143. The first-order valence-electron chi connectivity index (χ1n) is 6.54. The third kappa shape index (κ3) is 5.71. The highest BCUT2D eigenvalue weighted by Crippen LogP contribution is 2.14. The largest absolute Gasteiger partial charge is 0.497 e. The van der Waals surface area contributed by atoms with Crippen molar-refractivity contribution in [1.82, 2.24) is 0 Å². The Morgan fingerprint density at radius 1 is 1.11 bits per heavy atom. The zero-order valence-electron chi connectivity index (χ0n) is 11.3. The van der Waals surface area contributed by atoms with Crippen molar-refractivity contribution < 1.29 is 14.3 Å². The summed E-state index contributed by atoms with van der Waals surface area (Å²) in [5.74, 6) is 0.808. The number of unbranched alkanes of at least 4 members (excludes halogenated alkanes) is 2. The van der Waals surface area contributed by atoms with Crippen molar-refractivity contribution in [3.63, 3.8) is 0 Å². The molecule has 0 saturated carbocycles. The van der Waals surface area contributed by atoms with Gasteiger partial charge >= 0.3 is 5.97 Å². The molecule has 3 heteroatoms. The normalized spacial score (nSPS) is 10.1. The number of hydrogen-bond donors (Lipinski definition) is 0. The van der Waals surface area contributed by atoms with E-state index in [0.717, 1.165) is 31.4 Å². The number of aryl methyl sites for hydroxylation is 1. The molecular weight excluding hydrogens is 228 g/mol. The van der Waals surface area contributed by atoms with Gasteiger partial charge in [-0.15, -0.1) is 0 Å². The van der Waals surface area contributed by atoms with Crippen LogP contribution in [-0.2, 0) is 16.0 Å². The molecule has 0 spiro atoms. The van der Waals surface area contributed by atoms with Crippen molar-refractivity contribution in [3.8, 4) is 5.75 Å².